The van der Waals surface area contributed by atoms with Crippen molar-refractivity contribution in [2.75, 3.05) is 0 Å². The Labute approximate surface area is 203 Å². The standard InChI is InChI=1S/C32H34N2/c1-3-11-25(12-4-1)21-33(22-26-13-5-2-6-14-26)30-19-7-8-20-31(30)34-23-28-17-9-15-27-16-10-18-29(24-34)32(27)28/h1-6,9-18,30-31H,7-8,19-24H2/t30-,31-/m1/s1. The smallest absolute Gasteiger partial charge is 0.0258 e. The van der Waals surface area contributed by atoms with Gasteiger partial charge in [0.1, 0.15) is 0 Å². The molecule has 0 N–H and O–H groups in total. The monoisotopic (exact) mass is 446 g/mol. The van der Waals surface area contributed by atoms with E-state index in [-0.39, 0.29) is 0 Å². The molecule has 4 aromatic carbocycles. The average molecular weight is 447 g/mol. The SMILES string of the molecule is c1ccc(CN(Cc2ccccc2)[C@@H]2CCCC[C@H]2N2Cc3cccc4cccc(c34)C2)cc1. The summed E-state index contributed by atoms with van der Waals surface area (Å²) in [6.45, 7) is 4.16. The third-order valence-corrected chi connectivity index (χ3v) is 7.91. The first-order valence-electron chi connectivity index (χ1n) is 12.9. The number of hydrogen-bond acceptors (Lipinski definition) is 2. The van der Waals surface area contributed by atoms with Crippen LogP contribution in [-0.4, -0.2) is 21.9 Å². The lowest BCUT2D eigenvalue weighted by molar-refractivity contribution is 0.0286. The molecule has 0 radical (unpaired) electrons. The lowest BCUT2D eigenvalue weighted by Gasteiger charge is -2.46. The molecule has 2 heteroatoms. The van der Waals surface area contributed by atoms with Gasteiger partial charge in [-0.2, -0.15) is 0 Å². The molecular weight excluding hydrogens is 412 g/mol. The molecule has 6 rings (SSSR count). The summed E-state index contributed by atoms with van der Waals surface area (Å²) >= 11 is 0. The molecule has 2 nitrogen and oxygen atoms in total. The number of rotatable bonds is 6. The van der Waals surface area contributed by atoms with Crippen molar-refractivity contribution in [1.29, 1.82) is 0 Å². The van der Waals surface area contributed by atoms with Gasteiger partial charge in [0, 0.05) is 38.3 Å². The number of benzene rings is 4. The fourth-order valence-electron chi connectivity index (χ4n) is 6.36. The van der Waals surface area contributed by atoms with Gasteiger partial charge in [-0.15, -0.1) is 0 Å². The zero-order valence-electron chi connectivity index (χ0n) is 19.9. The van der Waals surface area contributed by atoms with Crippen molar-refractivity contribution in [2.45, 2.75) is 63.9 Å². The molecule has 172 valence electrons. The van der Waals surface area contributed by atoms with E-state index in [0.717, 1.165) is 26.2 Å². The Hall–Kier alpha value is -2.94. The third kappa shape index (κ3) is 4.41. The predicted molar refractivity (Wildman–Crippen MR) is 141 cm³/mol. The van der Waals surface area contributed by atoms with Crippen molar-refractivity contribution in [3.8, 4) is 0 Å². The van der Waals surface area contributed by atoms with Crippen LogP contribution >= 0.6 is 0 Å². The van der Waals surface area contributed by atoms with Crippen LogP contribution in [0.2, 0.25) is 0 Å². The number of nitrogens with zero attached hydrogens (tertiary/aromatic N) is 2. The van der Waals surface area contributed by atoms with Crippen LogP contribution in [0.1, 0.15) is 47.9 Å². The van der Waals surface area contributed by atoms with Crippen LogP contribution in [0.3, 0.4) is 0 Å². The Morgan fingerprint density at radius 3 is 1.76 bits per heavy atom. The van der Waals surface area contributed by atoms with Crippen LogP contribution in [0.5, 0.6) is 0 Å². The van der Waals surface area contributed by atoms with Gasteiger partial charge in [-0.3, -0.25) is 9.80 Å². The van der Waals surface area contributed by atoms with Crippen LogP contribution in [0.4, 0.5) is 0 Å². The van der Waals surface area contributed by atoms with Crippen molar-refractivity contribution >= 4 is 10.8 Å². The van der Waals surface area contributed by atoms with E-state index in [1.807, 2.05) is 0 Å². The predicted octanol–water partition coefficient (Wildman–Crippen LogP) is 7.17. The van der Waals surface area contributed by atoms with Crippen molar-refractivity contribution in [3.05, 3.63) is 119 Å². The van der Waals surface area contributed by atoms with Crippen LogP contribution in [0, 0.1) is 0 Å². The van der Waals surface area contributed by atoms with Crippen molar-refractivity contribution < 1.29 is 0 Å². The van der Waals surface area contributed by atoms with E-state index in [9.17, 15) is 0 Å². The largest absolute Gasteiger partial charge is 0.290 e. The van der Waals surface area contributed by atoms with Gasteiger partial charge in [-0.05, 0) is 45.9 Å². The van der Waals surface area contributed by atoms with E-state index in [1.54, 1.807) is 0 Å². The van der Waals surface area contributed by atoms with Gasteiger partial charge in [0.2, 0.25) is 0 Å². The van der Waals surface area contributed by atoms with Gasteiger partial charge in [0.25, 0.3) is 0 Å². The maximum absolute atomic E-state index is 2.80. The Bertz CT molecular complexity index is 1150. The lowest BCUT2D eigenvalue weighted by atomic mass is 9.85. The molecule has 1 heterocycles. The molecule has 0 saturated heterocycles. The first kappa shape index (κ1) is 21.6. The van der Waals surface area contributed by atoms with Crippen LogP contribution in [0.15, 0.2) is 97.1 Å². The van der Waals surface area contributed by atoms with Gasteiger partial charge in [-0.1, -0.05) is 110 Å². The second-order valence-corrected chi connectivity index (χ2v) is 10.1. The maximum Gasteiger partial charge on any atom is 0.0258 e. The van der Waals surface area contributed by atoms with E-state index in [0.29, 0.717) is 12.1 Å². The van der Waals surface area contributed by atoms with E-state index >= 15 is 0 Å². The van der Waals surface area contributed by atoms with E-state index in [1.165, 1.54) is 58.7 Å². The molecule has 34 heavy (non-hydrogen) atoms. The molecule has 0 bridgehead atoms. The van der Waals surface area contributed by atoms with Crippen LogP contribution in [-0.2, 0) is 26.2 Å². The highest BCUT2D eigenvalue weighted by atomic mass is 15.2. The third-order valence-electron chi connectivity index (χ3n) is 7.91. The maximum atomic E-state index is 2.80. The fourth-order valence-corrected chi connectivity index (χ4v) is 6.36. The Morgan fingerprint density at radius 2 is 1.18 bits per heavy atom. The quantitative estimate of drug-likeness (QED) is 0.310. The minimum atomic E-state index is 0.568. The second kappa shape index (κ2) is 9.74. The Kier molecular flexibility index (Phi) is 6.18. The molecule has 1 fully saturated rings. The minimum Gasteiger partial charge on any atom is -0.290 e. The molecule has 0 aromatic heterocycles. The first-order valence-corrected chi connectivity index (χ1v) is 12.9. The summed E-state index contributed by atoms with van der Waals surface area (Å²) in [5, 5.41) is 2.89. The summed E-state index contributed by atoms with van der Waals surface area (Å²) in [6, 6.07) is 37.0. The van der Waals surface area contributed by atoms with Gasteiger partial charge in [0.05, 0.1) is 0 Å². The van der Waals surface area contributed by atoms with Crippen molar-refractivity contribution in [1.82, 2.24) is 9.80 Å². The molecule has 2 atom stereocenters. The second-order valence-electron chi connectivity index (χ2n) is 10.1. The fraction of sp³-hybridized carbons (Fsp3) is 0.312. The van der Waals surface area contributed by atoms with E-state index < -0.39 is 0 Å². The number of hydrogen-bond donors (Lipinski definition) is 0. The summed E-state index contributed by atoms with van der Waals surface area (Å²) in [5.74, 6) is 0. The van der Waals surface area contributed by atoms with Crippen molar-refractivity contribution in [2.24, 2.45) is 0 Å². The first-order chi connectivity index (χ1) is 16.8. The van der Waals surface area contributed by atoms with Gasteiger partial charge < -0.3 is 0 Å². The van der Waals surface area contributed by atoms with Gasteiger partial charge in [-0.25, -0.2) is 0 Å². The molecule has 0 amide bonds. The Morgan fingerprint density at radius 1 is 0.618 bits per heavy atom. The van der Waals surface area contributed by atoms with E-state index in [4.69, 9.17) is 0 Å². The average Bonchev–Trinajstić information content (AvgIpc) is 2.90. The minimum absolute atomic E-state index is 0.568. The molecular formula is C32H34N2. The normalized spacial score (nSPS) is 20.6. The van der Waals surface area contributed by atoms with Crippen molar-refractivity contribution in [3.63, 3.8) is 0 Å². The molecule has 4 aromatic rings. The molecule has 2 aliphatic rings. The molecule has 1 aliphatic heterocycles. The molecule has 0 spiro atoms. The van der Waals surface area contributed by atoms with E-state index in [2.05, 4.69) is 107 Å². The van der Waals surface area contributed by atoms with Gasteiger partial charge in [0.15, 0.2) is 0 Å². The molecule has 1 saturated carbocycles. The summed E-state index contributed by atoms with van der Waals surface area (Å²) in [5.41, 5.74) is 5.83. The molecule has 0 unspecified atom stereocenters. The summed E-state index contributed by atoms with van der Waals surface area (Å²) < 4.78 is 0. The Balaban J connectivity index is 1.31. The molecule has 1 aliphatic carbocycles. The van der Waals surface area contributed by atoms with Crippen LogP contribution in [0.25, 0.3) is 10.8 Å². The topological polar surface area (TPSA) is 6.48 Å². The zero-order valence-corrected chi connectivity index (χ0v) is 19.9. The highest BCUT2D eigenvalue weighted by Gasteiger charge is 2.35. The van der Waals surface area contributed by atoms with Crippen LogP contribution < -0.4 is 0 Å². The zero-order chi connectivity index (χ0) is 22.7. The summed E-state index contributed by atoms with van der Waals surface area (Å²) in [4.78, 5) is 5.57. The summed E-state index contributed by atoms with van der Waals surface area (Å²) in [7, 11) is 0. The highest BCUT2D eigenvalue weighted by molar-refractivity contribution is 5.89. The highest BCUT2D eigenvalue weighted by Crippen LogP contribution is 2.36. The van der Waals surface area contributed by atoms with Gasteiger partial charge >= 0.3 is 0 Å². The lowest BCUT2D eigenvalue weighted by Crippen LogP contribution is -2.53. The summed E-state index contributed by atoms with van der Waals surface area (Å²) in [6.07, 6.45) is 5.25.